The molecule has 0 aliphatic heterocycles. The van der Waals surface area contributed by atoms with Gasteiger partial charge in [-0.05, 0) is 54.4 Å². The van der Waals surface area contributed by atoms with Gasteiger partial charge < -0.3 is 11.1 Å². The Morgan fingerprint density at radius 2 is 1.97 bits per heavy atom. The second-order valence-electron chi connectivity index (χ2n) is 8.82. The summed E-state index contributed by atoms with van der Waals surface area (Å²) in [4.78, 5) is 21.2. The van der Waals surface area contributed by atoms with Crippen LogP contribution >= 0.6 is 11.3 Å². The number of benzene rings is 1. The molecule has 2 atom stereocenters. The lowest BCUT2D eigenvalue weighted by molar-refractivity contribution is 0.102. The highest BCUT2D eigenvalue weighted by Crippen LogP contribution is 2.44. The van der Waals surface area contributed by atoms with Crippen molar-refractivity contribution in [3.63, 3.8) is 0 Å². The van der Waals surface area contributed by atoms with Gasteiger partial charge in [0.1, 0.15) is 22.3 Å². The van der Waals surface area contributed by atoms with Crippen LogP contribution in [0.4, 0.5) is 14.5 Å². The molecule has 3 N–H and O–H groups in total. The van der Waals surface area contributed by atoms with E-state index in [1.54, 1.807) is 12.4 Å². The molecule has 1 amide bonds. The average molecular weight is 443 g/mol. The lowest BCUT2D eigenvalue weighted by Gasteiger charge is -2.39. The molecule has 1 aromatic carbocycles. The van der Waals surface area contributed by atoms with Crippen molar-refractivity contribution in [2.75, 3.05) is 5.32 Å². The molecule has 0 unspecified atom stereocenters. The van der Waals surface area contributed by atoms with E-state index in [0.29, 0.717) is 5.69 Å². The van der Waals surface area contributed by atoms with Gasteiger partial charge in [-0.15, -0.1) is 11.3 Å². The fourth-order valence-electron chi connectivity index (χ4n) is 4.48. The minimum Gasteiger partial charge on any atom is -0.328 e. The Kier molecular flexibility index (Phi) is 5.85. The monoisotopic (exact) mass is 442 g/mol. The largest absolute Gasteiger partial charge is 0.328 e. The number of nitrogens with one attached hydrogen (secondary N) is 1. The first-order chi connectivity index (χ1) is 14.7. The summed E-state index contributed by atoms with van der Waals surface area (Å²) in [5.41, 5.74) is 7.86. The number of pyridine rings is 1. The highest BCUT2D eigenvalue weighted by Gasteiger charge is 2.34. The lowest BCUT2D eigenvalue weighted by atomic mass is 9.68. The van der Waals surface area contributed by atoms with Crippen molar-refractivity contribution in [2.24, 2.45) is 11.1 Å². The molecule has 1 saturated carbocycles. The second kappa shape index (κ2) is 8.43. The Morgan fingerprint density at radius 1 is 1.23 bits per heavy atom. The summed E-state index contributed by atoms with van der Waals surface area (Å²) >= 11 is 1.02. The molecule has 0 bridgehead atoms. The number of amides is 1. The lowest BCUT2D eigenvalue weighted by Crippen LogP contribution is -2.36. The van der Waals surface area contributed by atoms with Crippen LogP contribution in [0.3, 0.4) is 0 Å². The van der Waals surface area contributed by atoms with E-state index in [9.17, 15) is 13.6 Å². The summed E-state index contributed by atoms with van der Waals surface area (Å²) in [7, 11) is 0. The zero-order valence-electron chi connectivity index (χ0n) is 17.4. The predicted octanol–water partition coefficient (Wildman–Crippen LogP) is 5.36. The fraction of sp³-hybridized carbons (Fsp3) is 0.348. The van der Waals surface area contributed by atoms with Gasteiger partial charge in [-0.2, -0.15) is 0 Å². The van der Waals surface area contributed by atoms with Crippen molar-refractivity contribution < 1.29 is 13.6 Å². The maximum absolute atomic E-state index is 14.1. The van der Waals surface area contributed by atoms with Crippen molar-refractivity contribution in [1.82, 2.24) is 9.97 Å². The first-order valence-corrected chi connectivity index (χ1v) is 11.0. The molecule has 5 nitrogen and oxygen atoms in total. The molecule has 0 radical (unpaired) electrons. The average Bonchev–Trinajstić information content (AvgIpc) is 3.16. The summed E-state index contributed by atoms with van der Waals surface area (Å²) < 4.78 is 28.1. The van der Waals surface area contributed by atoms with E-state index in [0.717, 1.165) is 48.3 Å². The number of anilines is 1. The number of aromatic nitrogens is 2. The number of nitrogens with zero attached hydrogens (tertiary/aromatic N) is 2. The third-order valence-electron chi connectivity index (χ3n) is 5.66. The van der Waals surface area contributed by atoms with Gasteiger partial charge in [0.25, 0.3) is 5.91 Å². The van der Waals surface area contributed by atoms with E-state index in [2.05, 4.69) is 29.1 Å². The first-order valence-electron chi connectivity index (χ1n) is 10.1. The quantitative estimate of drug-likeness (QED) is 0.570. The SMILES string of the molecule is CC1(C)C[C@@H](N)C[C@@H](c2ccncc2NC(=O)c2csc(-c3c(F)cccc3F)n2)C1. The van der Waals surface area contributed by atoms with E-state index >= 15 is 0 Å². The number of hydrogen-bond donors (Lipinski definition) is 2. The third-order valence-corrected chi connectivity index (χ3v) is 6.52. The Balaban J connectivity index is 1.57. The van der Waals surface area contributed by atoms with Gasteiger partial charge in [0.15, 0.2) is 0 Å². The highest BCUT2D eigenvalue weighted by molar-refractivity contribution is 7.13. The number of carbonyl (C=O) groups excluding carboxylic acids is 1. The van der Waals surface area contributed by atoms with Crippen molar-refractivity contribution in [3.8, 4) is 10.6 Å². The van der Waals surface area contributed by atoms with Crippen molar-refractivity contribution in [3.05, 3.63) is 64.9 Å². The van der Waals surface area contributed by atoms with Crippen LogP contribution in [0.25, 0.3) is 10.6 Å². The molecule has 0 spiro atoms. The number of thiazole rings is 1. The van der Waals surface area contributed by atoms with Gasteiger partial charge in [-0.1, -0.05) is 19.9 Å². The van der Waals surface area contributed by atoms with Gasteiger partial charge >= 0.3 is 0 Å². The molecule has 8 heteroatoms. The summed E-state index contributed by atoms with van der Waals surface area (Å²) in [6.07, 6.45) is 6.08. The van der Waals surface area contributed by atoms with Crippen molar-refractivity contribution >= 4 is 22.9 Å². The third kappa shape index (κ3) is 4.65. The van der Waals surface area contributed by atoms with Crippen LogP contribution < -0.4 is 11.1 Å². The molecule has 31 heavy (non-hydrogen) atoms. The van der Waals surface area contributed by atoms with Gasteiger partial charge in [0.05, 0.1) is 17.4 Å². The van der Waals surface area contributed by atoms with Gasteiger partial charge in [0.2, 0.25) is 0 Å². The zero-order chi connectivity index (χ0) is 22.2. The molecule has 2 heterocycles. The number of nitrogens with two attached hydrogens (primary N) is 1. The minimum absolute atomic E-state index is 0.0955. The zero-order valence-corrected chi connectivity index (χ0v) is 18.2. The Bertz CT molecular complexity index is 1090. The molecular formula is C23H24F2N4OS. The van der Waals surface area contributed by atoms with E-state index < -0.39 is 17.5 Å². The minimum atomic E-state index is -0.716. The maximum atomic E-state index is 14.1. The fourth-order valence-corrected chi connectivity index (χ4v) is 5.32. The standard InChI is InChI=1S/C23H24F2N4OS/c1-23(2)9-13(8-14(26)10-23)15-6-7-27-11-18(15)28-21(30)19-12-31-22(29-19)20-16(24)4-3-5-17(20)25/h3-7,11-14H,8-10,26H2,1-2H3,(H,28,30)/t13-,14+/m1/s1. The summed E-state index contributed by atoms with van der Waals surface area (Å²) in [6.45, 7) is 4.41. The molecule has 1 aliphatic carbocycles. The van der Waals surface area contributed by atoms with Crippen molar-refractivity contribution in [2.45, 2.75) is 45.1 Å². The highest BCUT2D eigenvalue weighted by atomic mass is 32.1. The molecule has 3 aromatic rings. The van der Waals surface area contributed by atoms with Crippen LogP contribution in [0.1, 0.15) is 55.1 Å². The topological polar surface area (TPSA) is 80.9 Å². The summed E-state index contributed by atoms with van der Waals surface area (Å²) in [6, 6.07) is 5.63. The van der Waals surface area contributed by atoms with Crippen LogP contribution in [0.15, 0.2) is 42.0 Å². The summed E-state index contributed by atoms with van der Waals surface area (Å²) in [5, 5.41) is 4.48. The predicted molar refractivity (Wildman–Crippen MR) is 118 cm³/mol. The first kappa shape index (κ1) is 21.5. The van der Waals surface area contributed by atoms with E-state index in [-0.39, 0.29) is 33.6 Å². The molecular weight excluding hydrogens is 418 g/mol. The molecule has 1 aliphatic rings. The number of halogens is 2. The van der Waals surface area contributed by atoms with E-state index in [4.69, 9.17) is 5.73 Å². The van der Waals surface area contributed by atoms with E-state index in [1.807, 2.05) is 6.07 Å². The van der Waals surface area contributed by atoms with Crippen LogP contribution in [-0.2, 0) is 0 Å². The van der Waals surface area contributed by atoms with Gasteiger partial charge in [-0.3, -0.25) is 9.78 Å². The molecule has 1 fully saturated rings. The summed E-state index contributed by atoms with van der Waals surface area (Å²) in [5.74, 6) is -1.68. The Morgan fingerprint density at radius 3 is 2.68 bits per heavy atom. The van der Waals surface area contributed by atoms with Crippen LogP contribution in [0, 0.1) is 17.0 Å². The smallest absolute Gasteiger partial charge is 0.275 e. The van der Waals surface area contributed by atoms with Crippen molar-refractivity contribution in [1.29, 1.82) is 0 Å². The molecule has 2 aromatic heterocycles. The molecule has 162 valence electrons. The molecule has 4 rings (SSSR count). The van der Waals surface area contributed by atoms with Crippen LogP contribution in [0.5, 0.6) is 0 Å². The maximum Gasteiger partial charge on any atom is 0.275 e. The van der Waals surface area contributed by atoms with Gasteiger partial charge in [0, 0.05) is 17.6 Å². The normalized spacial score (nSPS) is 20.4. The number of hydrogen-bond acceptors (Lipinski definition) is 5. The number of carbonyl (C=O) groups is 1. The van der Waals surface area contributed by atoms with Gasteiger partial charge in [-0.25, -0.2) is 13.8 Å². The van der Waals surface area contributed by atoms with Crippen LogP contribution in [0.2, 0.25) is 0 Å². The Labute approximate surface area is 183 Å². The van der Waals surface area contributed by atoms with E-state index in [1.165, 1.54) is 11.4 Å². The Hall–Kier alpha value is -2.71. The molecule has 0 saturated heterocycles. The second-order valence-corrected chi connectivity index (χ2v) is 9.67. The van der Waals surface area contributed by atoms with Crippen LogP contribution in [-0.4, -0.2) is 21.9 Å². The number of rotatable bonds is 4.